The Morgan fingerprint density at radius 3 is 2.77 bits per heavy atom. The quantitative estimate of drug-likeness (QED) is 0.662. The normalized spacial score (nSPS) is 19.5. The van der Waals surface area contributed by atoms with Gasteiger partial charge in [-0.25, -0.2) is 4.79 Å². The molecule has 0 bridgehead atoms. The maximum atomic E-state index is 12.4. The number of carbonyl (C=O) groups excluding carboxylic acids is 3. The Labute approximate surface area is 127 Å². The van der Waals surface area contributed by atoms with Crippen molar-refractivity contribution in [3.05, 3.63) is 30.1 Å². The number of aromatic nitrogens is 1. The van der Waals surface area contributed by atoms with Crippen molar-refractivity contribution in [2.45, 2.75) is 37.8 Å². The van der Waals surface area contributed by atoms with Gasteiger partial charge < -0.3 is 10.1 Å². The van der Waals surface area contributed by atoms with Crippen LogP contribution in [0.5, 0.6) is 0 Å². The van der Waals surface area contributed by atoms with Crippen molar-refractivity contribution in [2.75, 3.05) is 6.54 Å². The molecular weight excluding hydrogens is 286 g/mol. The fourth-order valence-corrected chi connectivity index (χ4v) is 2.95. The summed E-state index contributed by atoms with van der Waals surface area (Å²) in [6, 6.07) is 4.77. The van der Waals surface area contributed by atoms with E-state index < -0.39 is 17.5 Å². The largest absolute Gasteiger partial charge is 0.458 e. The average molecular weight is 303 g/mol. The minimum Gasteiger partial charge on any atom is -0.458 e. The molecule has 1 aromatic rings. The second kappa shape index (κ2) is 5.75. The lowest BCUT2D eigenvalue weighted by Crippen LogP contribution is -2.44. The van der Waals surface area contributed by atoms with Gasteiger partial charge in [-0.15, -0.1) is 0 Å². The molecule has 22 heavy (non-hydrogen) atoms. The second-order valence-electron chi connectivity index (χ2n) is 5.59. The Kier molecular flexibility index (Phi) is 3.79. The average Bonchev–Trinajstić information content (AvgIpc) is 3.08. The molecule has 1 spiro atoms. The summed E-state index contributed by atoms with van der Waals surface area (Å²) in [7, 11) is 0. The molecule has 1 saturated heterocycles. The Morgan fingerprint density at radius 1 is 1.32 bits per heavy atom. The third-order valence-corrected chi connectivity index (χ3v) is 4.10. The Bertz CT molecular complexity index is 596. The lowest BCUT2D eigenvalue weighted by Gasteiger charge is -2.19. The van der Waals surface area contributed by atoms with Gasteiger partial charge in [-0.2, -0.15) is 0 Å². The third-order valence-electron chi connectivity index (χ3n) is 4.10. The highest BCUT2D eigenvalue weighted by atomic mass is 16.5. The Hall–Kier alpha value is -2.44. The molecule has 7 nitrogen and oxygen atoms in total. The van der Waals surface area contributed by atoms with E-state index in [1.165, 1.54) is 0 Å². The van der Waals surface area contributed by atoms with Crippen LogP contribution in [-0.4, -0.2) is 39.9 Å². The molecule has 0 aromatic carbocycles. The summed E-state index contributed by atoms with van der Waals surface area (Å²) in [5.41, 5.74) is -0.182. The van der Waals surface area contributed by atoms with Gasteiger partial charge in [-0.3, -0.25) is 19.5 Å². The summed E-state index contributed by atoms with van der Waals surface area (Å²) >= 11 is 0. The fourth-order valence-electron chi connectivity index (χ4n) is 2.95. The van der Waals surface area contributed by atoms with Crippen molar-refractivity contribution in [3.63, 3.8) is 0 Å². The van der Waals surface area contributed by atoms with Crippen LogP contribution in [0.3, 0.4) is 0 Å². The van der Waals surface area contributed by atoms with E-state index in [1.54, 1.807) is 24.4 Å². The molecule has 3 amide bonds. The van der Waals surface area contributed by atoms with Gasteiger partial charge >= 0.3 is 12.0 Å². The first-order valence-electron chi connectivity index (χ1n) is 7.30. The van der Waals surface area contributed by atoms with Crippen LogP contribution >= 0.6 is 0 Å². The number of hydrogen-bond acceptors (Lipinski definition) is 5. The van der Waals surface area contributed by atoms with Gasteiger partial charge in [0.15, 0.2) is 0 Å². The number of urea groups is 1. The summed E-state index contributed by atoms with van der Waals surface area (Å²) < 4.78 is 5.06. The number of ether oxygens (including phenoxy) is 1. The fraction of sp³-hybridized carbons (Fsp3) is 0.467. The Morgan fingerprint density at radius 2 is 2.09 bits per heavy atom. The molecule has 7 heteroatoms. The number of amides is 3. The van der Waals surface area contributed by atoms with Gasteiger partial charge in [0.05, 0.1) is 5.69 Å². The molecule has 1 aliphatic carbocycles. The van der Waals surface area contributed by atoms with Crippen molar-refractivity contribution in [1.82, 2.24) is 15.2 Å². The predicted octanol–water partition coefficient (Wildman–Crippen LogP) is 0.989. The van der Waals surface area contributed by atoms with Crippen molar-refractivity contribution in [1.29, 1.82) is 0 Å². The first-order chi connectivity index (χ1) is 10.6. The van der Waals surface area contributed by atoms with Crippen molar-refractivity contribution < 1.29 is 19.1 Å². The zero-order valence-corrected chi connectivity index (χ0v) is 12.1. The summed E-state index contributed by atoms with van der Waals surface area (Å²) in [6.07, 6.45) is 4.69. The number of rotatable bonds is 4. The zero-order chi connectivity index (χ0) is 15.6. The monoisotopic (exact) mass is 303 g/mol. The number of hydrogen-bond donors (Lipinski definition) is 1. The van der Waals surface area contributed by atoms with E-state index in [1.807, 2.05) is 0 Å². The first-order valence-corrected chi connectivity index (χ1v) is 7.30. The standard InChI is InChI=1S/C15H17N3O4/c19-12(22-10-11-5-1-4-8-16-11)9-18-13(20)15(17-14(18)21)6-2-3-7-15/h1,4-5,8H,2-3,6-7,9-10H2,(H,17,21). The van der Waals surface area contributed by atoms with Crippen LogP contribution < -0.4 is 5.32 Å². The van der Waals surface area contributed by atoms with E-state index >= 15 is 0 Å². The molecule has 1 aromatic heterocycles. The SMILES string of the molecule is O=C(CN1C(=O)NC2(CCCC2)C1=O)OCc1ccccn1. The van der Waals surface area contributed by atoms with Crippen LogP contribution in [0.2, 0.25) is 0 Å². The van der Waals surface area contributed by atoms with E-state index in [4.69, 9.17) is 4.74 Å². The Balaban J connectivity index is 1.57. The van der Waals surface area contributed by atoms with Gasteiger partial charge in [0.1, 0.15) is 18.7 Å². The topological polar surface area (TPSA) is 88.6 Å². The number of imide groups is 1. The minimum absolute atomic E-state index is 0.0223. The van der Waals surface area contributed by atoms with E-state index in [-0.39, 0.29) is 19.1 Å². The first kappa shape index (κ1) is 14.5. The summed E-state index contributed by atoms with van der Waals surface area (Å²) in [4.78, 5) is 41.1. The summed E-state index contributed by atoms with van der Waals surface area (Å²) in [5, 5.41) is 2.73. The third kappa shape index (κ3) is 2.66. The maximum absolute atomic E-state index is 12.4. The zero-order valence-electron chi connectivity index (χ0n) is 12.1. The van der Waals surface area contributed by atoms with E-state index in [2.05, 4.69) is 10.3 Å². The minimum atomic E-state index is -0.793. The highest BCUT2D eigenvalue weighted by Crippen LogP contribution is 2.34. The van der Waals surface area contributed by atoms with Crippen LogP contribution in [0.1, 0.15) is 31.4 Å². The molecule has 3 rings (SSSR count). The van der Waals surface area contributed by atoms with Crippen LogP contribution in [0.25, 0.3) is 0 Å². The highest BCUT2D eigenvalue weighted by molar-refractivity contribution is 6.08. The van der Waals surface area contributed by atoms with Crippen LogP contribution in [0.4, 0.5) is 4.79 Å². The molecule has 0 radical (unpaired) electrons. The summed E-state index contributed by atoms with van der Waals surface area (Å²) in [5.74, 6) is -0.936. The maximum Gasteiger partial charge on any atom is 0.326 e. The van der Waals surface area contributed by atoms with Gasteiger partial charge in [0.25, 0.3) is 5.91 Å². The van der Waals surface area contributed by atoms with E-state index in [0.717, 1.165) is 17.7 Å². The van der Waals surface area contributed by atoms with Crippen molar-refractivity contribution >= 4 is 17.9 Å². The smallest absolute Gasteiger partial charge is 0.326 e. The molecule has 2 aliphatic rings. The molecule has 2 heterocycles. The van der Waals surface area contributed by atoms with Crippen LogP contribution in [0, 0.1) is 0 Å². The number of nitrogens with zero attached hydrogens (tertiary/aromatic N) is 2. The number of carbonyl (C=O) groups is 3. The van der Waals surface area contributed by atoms with Gasteiger partial charge in [0.2, 0.25) is 0 Å². The van der Waals surface area contributed by atoms with Gasteiger partial charge in [-0.05, 0) is 25.0 Å². The van der Waals surface area contributed by atoms with Gasteiger partial charge in [0, 0.05) is 6.20 Å². The molecule has 116 valence electrons. The lowest BCUT2D eigenvalue weighted by atomic mass is 9.98. The second-order valence-corrected chi connectivity index (χ2v) is 5.59. The van der Waals surface area contributed by atoms with Crippen LogP contribution in [0.15, 0.2) is 24.4 Å². The molecule has 1 saturated carbocycles. The van der Waals surface area contributed by atoms with Crippen LogP contribution in [-0.2, 0) is 20.9 Å². The number of nitrogens with one attached hydrogen (secondary N) is 1. The molecule has 0 atom stereocenters. The lowest BCUT2D eigenvalue weighted by molar-refractivity contribution is -0.148. The number of esters is 1. The molecule has 0 unspecified atom stereocenters. The van der Waals surface area contributed by atoms with E-state index in [9.17, 15) is 14.4 Å². The molecule has 1 aliphatic heterocycles. The molecule has 1 N–H and O–H groups in total. The molecule has 2 fully saturated rings. The highest BCUT2D eigenvalue weighted by Gasteiger charge is 2.52. The number of pyridine rings is 1. The molecular formula is C15H17N3O4. The predicted molar refractivity (Wildman–Crippen MR) is 75.5 cm³/mol. The van der Waals surface area contributed by atoms with Crippen molar-refractivity contribution in [2.24, 2.45) is 0 Å². The van der Waals surface area contributed by atoms with E-state index in [0.29, 0.717) is 18.5 Å². The summed E-state index contributed by atoms with van der Waals surface area (Å²) in [6.45, 7) is -0.340. The van der Waals surface area contributed by atoms with Gasteiger partial charge in [-0.1, -0.05) is 18.9 Å². The van der Waals surface area contributed by atoms with Crippen molar-refractivity contribution in [3.8, 4) is 0 Å².